The lowest BCUT2D eigenvalue weighted by atomic mass is 10.1. The van der Waals surface area contributed by atoms with Gasteiger partial charge in [-0.15, -0.1) is 0 Å². The molecule has 4 aromatic rings. The van der Waals surface area contributed by atoms with E-state index in [0.29, 0.717) is 45.5 Å². The molecule has 38 heavy (non-hydrogen) atoms. The maximum absolute atomic E-state index is 12.8. The van der Waals surface area contributed by atoms with E-state index < -0.39 is 5.91 Å². The van der Waals surface area contributed by atoms with Crippen molar-refractivity contribution in [2.75, 3.05) is 5.32 Å². The van der Waals surface area contributed by atoms with Gasteiger partial charge in [-0.25, -0.2) is 0 Å². The van der Waals surface area contributed by atoms with Crippen LogP contribution in [-0.2, 0) is 18.0 Å². The number of anilines is 1. The van der Waals surface area contributed by atoms with Crippen molar-refractivity contribution in [2.45, 2.75) is 13.2 Å². The summed E-state index contributed by atoms with van der Waals surface area (Å²) in [7, 11) is 0. The smallest absolute Gasteiger partial charge is 0.266 e. The Morgan fingerprint density at radius 3 is 2.37 bits per heavy atom. The molecule has 0 aliphatic rings. The summed E-state index contributed by atoms with van der Waals surface area (Å²) in [5, 5.41) is 13.0. The Hall–Kier alpha value is -3.32. The van der Waals surface area contributed by atoms with Crippen molar-refractivity contribution in [3.05, 3.63) is 126 Å². The van der Waals surface area contributed by atoms with Gasteiger partial charge in [-0.05, 0) is 98.2 Å². The summed E-state index contributed by atoms with van der Waals surface area (Å²) in [6.07, 6.45) is 1.54. The molecule has 0 radical (unpaired) electrons. The first kappa shape index (κ1) is 27.7. The number of carbonyl (C=O) groups excluding carboxylic acids is 1. The molecule has 0 saturated heterocycles. The quantitative estimate of drug-likeness (QED) is 0.108. The minimum atomic E-state index is -0.504. The molecule has 0 unspecified atom stereocenters. The number of halogens is 3. The molecule has 8 heteroatoms. The molecule has 5 nitrogen and oxygen atoms in total. The molecule has 1 N–H and O–H groups in total. The van der Waals surface area contributed by atoms with Crippen LogP contribution < -0.4 is 14.8 Å². The van der Waals surface area contributed by atoms with Crippen LogP contribution in [0.1, 0.15) is 16.7 Å². The maximum Gasteiger partial charge on any atom is 0.266 e. The van der Waals surface area contributed by atoms with E-state index in [1.165, 1.54) is 6.08 Å². The Kier molecular flexibility index (Phi) is 9.82. The molecule has 4 rings (SSSR count). The van der Waals surface area contributed by atoms with E-state index >= 15 is 0 Å². The maximum atomic E-state index is 12.8. The number of hydrogen-bond donors (Lipinski definition) is 1. The van der Waals surface area contributed by atoms with Gasteiger partial charge < -0.3 is 14.8 Å². The summed E-state index contributed by atoms with van der Waals surface area (Å²) >= 11 is 11.9. The minimum absolute atomic E-state index is 0.0261. The Labute approximate surface area is 248 Å². The highest BCUT2D eigenvalue weighted by Crippen LogP contribution is 2.34. The molecule has 0 fully saturated rings. The predicted molar refractivity (Wildman–Crippen MR) is 162 cm³/mol. The van der Waals surface area contributed by atoms with Gasteiger partial charge in [0.2, 0.25) is 0 Å². The molecule has 0 heterocycles. The normalized spacial score (nSPS) is 10.9. The number of ether oxygens (including phenoxy) is 2. The third-order valence-electron chi connectivity index (χ3n) is 5.39. The van der Waals surface area contributed by atoms with Gasteiger partial charge in [0.25, 0.3) is 5.91 Å². The summed E-state index contributed by atoms with van der Waals surface area (Å²) in [6, 6.07) is 30.0. The summed E-state index contributed by atoms with van der Waals surface area (Å²) in [4.78, 5) is 12.8. The van der Waals surface area contributed by atoms with Crippen LogP contribution in [0.2, 0.25) is 5.02 Å². The third kappa shape index (κ3) is 7.60. The molecule has 0 aliphatic carbocycles. The van der Waals surface area contributed by atoms with Crippen molar-refractivity contribution in [3.63, 3.8) is 0 Å². The largest absolute Gasteiger partial charge is 0.489 e. The summed E-state index contributed by atoms with van der Waals surface area (Å²) in [5.74, 6) is 0.829. The second-order valence-corrected chi connectivity index (χ2v) is 10.5. The van der Waals surface area contributed by atoms with Gasteiger partial charge in [-0.1, -0.05) is 60.1 Å². The van der Waals surface area contributed by atoms with Crippen molar-refractivity contribution in [3.8, 4) is 17.6 Å². The van der Waals surface area contributed by atoms with Crippen molar-refractivity contribution < 1.29 is 14.3 Å². The SMILES string of the molecule is N#C/C(=C\c1cc(Br)c(OCc2ccccc2Cl)c(I)c1)C(=O)Nc1ccc(OCc2ccccc2)cc1. The summed E-state index contributed by atoms with van der Waals surface area (Å²) < 4.78 is 13.3. The van der Waals surface area contributed by atoms with E-state index in [9.17, 15) is 10.1 Å². The number of nitrogens with zero attached hydrogens (tertiary/aromatic N) is 1. The molecule has 0 spiro atoms. The van der Waals surface area contributed by atoms with Gasteiger partial charge >= 0.3 is 0 Å². The van der Waals surface area contributed by atoms with E-state index in [2.05, 4.69) is 43.8 Å². The Morgan fingerprint density at radius 2 is 1.68 bits per heavy atom. The van der Waals surface area contributed by atoms with Crippen LogP contribution in [0.4, 0.5) is 5.69 Å². The lowest BCUT2D eigenvalue weighted by Gasteiger charge is -2.12. The molecule has 0 bridgehead atoms. The molecule has 0 aromatic heterocycles. The Balaban J connectivity index is 1.40. The number of hydrogen-bond acceptors (Lipinski definition) is 4. The number of nitriles is 1. The van der Waals surface area contributed by atoms with Crippen LogP contribution >= 0.6 is 50.1 Å². The number of amides is 1. The van der Waals surface area contributed by atoms with E-state index in [0.717, 1.165) is 14.7 Å². The van der Waals surface area contributed by atoms with Gasteiger partial charge in [0.05, 0.1) is 8.04 Å². The topological polar surface area (TPSA) is 71.3 Å². The molecular weight excluding hydrogens is 679 g/mol. The lowest BCUT2D eigenvalue weighted by molar-refractivity contribution is -0.112. The number of nitrogens with one attached hydrogen (secondary N) is 1. The zero-order chi connectivity index (χ0) is 26.9. The number of benzene rings is 4. The molecule has 190 valence electrons. The van der Waals surface area contributed by atoms with Crippen LogP contribution in [0.5, 0.6) is 11.5 Å². The standard InChI is InChI=1S/C30H21BrClIN2O3/c31-26-15-21(16-28(33)29(26)38-19-22-8-4-5-9-27(22)32)14-23(17-34)30(36)35-24-10-12-25(13-11-24)37-18-20-6-2-1-3-7-20/h1-16H,18-19H2,(H,35,36)/b23-14+. The van der Waals surface area contributed by atoms with Gasteiger partial charge in [0, 0.05) is 16.3 Å². The van der Waals surface area contributed by atoms with Crippen LogP contribution in [0.15, 0.2) is 101 Å². The first-order valence-electron chi connectivity index (χ1n) is 11.5. The van der Waals surface area contributed by atoms with Gasteiger partial charge in [0.15, 0.2) is 0 Å². The first-order valence-corrected chi connectivity index (χ1v) is 13.7. The Morgan fingerprint density at radius 1 is 0.974 bits per heavy atom. The molecule has 0 saturated carbocycles. The highest BCUT2D eigenvalue weighted by Gasteiger charge is 2.13. The third-order valence-corrected chi connectivity index (χ3v) is 7.15. The summed E-state index contributed by atoms with van der Waals surface area (Å²) in [5.41, 5.74) is 3.15. The van der Waals surface area contributed by atoms with E-state index in [-0.39, 0.29) is 5.57 Å². The minimum Gasteiger partial charge on any atom is -0.489 e. The van der Waals surface area contributed by atoms with Crippen molar-refractivity contribution in [1.82, 2.24) is 0 Å². The first-order chi connectivity index (χ1) is 18.4. The van der Waals surface area contributed by atoms with Crippen LogP contribution in [0.3, 0.4) is 0 Å². The van der Waals surface area contributed by atoms with Crippen molar-refractivity contribution in [1.29, 1.82) is 5.26 Å². The van der Waals surface area contributed by atoms with E-state index in [1.54, 1.807) is 30.3 Å². The zero-order valence-corrected chi connectivity index (χ0v) is 24.5. The second-order valence-electron chi connectivity index (χ2n) is 8.12. The number of carbonyl (C=O) groups is 1. The Bertz CT molecular complexity index is 1480. The van der Waals surface area contributed by atoms with Crippen LogP contribution in [0, 0.1) is 14.9 Å². The highest BCUT2D eigenvalue weighted by molar-refractivity contribution is 14.1. The average Bonchev–Trinajstić information content (AvgIpc) is 2.92. The van der Waals surface area contributed by atoms with Gasteiger partial charge in [0.1, 0.15) is 36.4 Å². The predicted octanol–water partition coefficient (Wildman–Crippen LogP) is 8.41. The fourth-order valence-corrected chi connectivity index (χ4v) is 5.41. The van der Waals surface area contributed by atoms with Crippen LogP contribution in [0.25, 0.3) is 6.08 Å². The van der Waals surface area contributed by atoms with Crippen molar-refractivity contribution >= 4 is 67.8 Å². The summed E-state index contributed by atoms with van der Waals surface area (Å²) in [6.45, 7) is 0.761. The molecule has 1 amide bonds. The molecule has 4 aromatic carbocycles. The van der Waals surface area contributed by atoms with Gasteiger partial charge in [-0.3, -0.25) is 4.79 Å². The fraction of sp³-hybridized carbons (Fsp3) is 0.0667. The lowest BCUT2D eigenvalue weighted by Crippen LogP contribution is -2.13. The van der Waals surface area contributed by atoms with Crippen molar-refractivity contribution in [2.24, 2.45) is 0 Å². The fourth-order valence-electron chi connectivity index (χ4n) is 3.46. The average molecular weight is 700 g/mol. The zero-order valence-electron chi connectivity index (χ0n) is 20.0. The van der Waals surface area contributed by atoms with Gasteiger partial charge in [-0.2, -0.15) is 5.26 Å². The molecule has 0 aliphatic heterocycles. The molecule has 0 atom stereocenters. The number of rotatable bonds is 9. The van der Waals surface area contributed by atoms with E-state index in [4.69, 9.17) is 21.1 Å². The van der Waals surface area contributed by atoms with E-state index in [1.807, 2.05) is 66.7 Å². The van der Waals surface area contributed by atoms with Crippen LogP contribution in [-0.4, -0.2) is 5.91 Å². The molecular formula is C30H21BrClIN2O3. The highest BCUT2D eigenvalue weighted by atomic mass is 127. The monoisotopic (exact) mass is 698 g/mol. The second kappa shape index (κ2) is 13.5.